The highest BCUT2D eigenvalue weighted by Crippen LogP contribution is 2.45. The van der Waals surface area contributed by atoms with Gasteiger partial charge in [0.15, 0.2) is 0 Å². The first-order valence-electron chi connectivity index (χ1n) is 2.85. The van der Waals surface area contributed by atoms with Crippen LogP contribution in [0.3, 0.4) is 0 Å². The second-order valence-electron chi connectivity index (χ2n) is 3.17. The Hall–Kier alpha value is 2.14. The van der Waals surface area contributed by atoms with E-state index in [4.69, 9.17) is 0 Å². The van der Waals surface area contributed by atoms with E-state index in [2.05, 4.69) is 83.4 Å². The third kappa shape index (κ3) is 2.88. The van der Waals surface area contributed by atoms with Gasteiger partial charge in [0.1, 0.15) is 0 Å². The fraction of sp³-hybridized carbons (Fsp3) is 1.00. The molecule has 0 bridgehead atoms. The Kier molecular flexibility index (Phi) is 4.73. The minimum Gasteiger partial charge on any atom is -0.0744 e. The SMILES string of the molecule is C[Si](C)(C)C(Br)(Br)C(Br)Br. The lowest BCUT2D eigenvalue weighted by atomic mass is 10.9. The molecule has 0 N–H and O–H groups in total. The lowest BCUT2D eigenvalue weighted by molar-refractivity contribution is 1.25. The summed E-state index contributed by atoms with van der Waals surface area (Å²) >= 11 is 14.3. The van der Waals surface area contributed by atoms with Crippen molar-refractivity contribution in [1.29, 1.82) is 0 Å². The zero-order valence-corrected chi connectivity index (χ0v) is 13.4. The highest BCUT2D eigenvalue weighted by atomic mass is 79.9. The lowest BCUT2D eigenvalue weighted by Crippen LogP contribution is -2.46. The predicted molar refractivity (Wildman–Crippen MR) is 65.6 cm³/mol. The van der Waals surface area contributed by atoms with Crippen molar-refractivity contribution in [3.05, 3.63) is 0 Å². The van der Waals surface area contributed by atoms with Gasteiger partial charge in [-0.05, 0) is 0 Å². The third-order valence-corrected chi connectivity index (χ3v) is 16.3. The van der Waals surface area contributed by atoms with E-state index < -0.39 is 8.07 Å². The highest BCUT2D eigenvalue weighted by molar-refractivity contribution is 9.30. The van der Waals surface area contributed by atoms with Crippen LogP contribution in [0.4, 0.5) is 0 Å². The number of alkyl halides is 4. The van der Waals surface area contributed by atoms with E-state index in [-0.39, 0.29) is 6.59 Å². The summed E-state index contributed by atoms with van der Waals surface area (Å²) in [7, 11) is -1.21. The second kappa shape index (κ2) is 3.90. The second-order valence-corrected chi connectivity index (χ2v) is 16.6. The van der Waals surface area contributed by atoms with E-state index >= 15 is 0 Å². The Morgan fingerprint density at radius 2 is 1.40 bits per heavy atom. The van der Waals surface area contributed by atoms with Gasteiger partial charge in [0.05, 0.1) is 14.7 Å². The minimum absolute atomic E-state index is 0.0347. The Morgan fingerprint density at radius 3 is 1.40 bits per heavy atom. The van der Waals surface area contributed by atoms with E-state index in [0.717, 1.165) is 0 Å². The maximum absolute atomic E-state index is 3.65. The van der Waals surface area contributed by atoms with E-state index in [1.165, 1.54) is 0 Å². The highest BCUT2D eigenvalue weighted by Gasteiger charge is 2.43. The Bertz CT molecular complexity index is 115. The Morgan fingerprint density at radius 1 is 1.10 bits per heavy atom. The first-order chi connectivity index (χ1) is 4.19. The zero-order chi connectivity index (χ0) is 8.58. The summed E-state index contributed by atoms with van der Waals surface area (Å²) in [6.45, 7) is 6.89. The number of hydrogen-bond donors (Lipinski definition) is 0. The van der Waals surface area contributed by atoms with Crippen LogP contribution in [0.2, 0.25) is 19.6 Å². The topological polar surface area (TPSA) is 0 Å². The van der Waals surface area contributed by atoms with Gasteiger partial charge in [-0.3, -0.25) is 0 Å². The summed E-state index contributed by atoms with van der Waals surface area (Å²) in [4.78, 5) is 0. The smallest absolute Gasteiger partial charge is 0.0744 e. The van der Waals surface area contributed by atoms with Crippen LogP contribution in [-0.2, 0) is 0 Å². The van der Waals surface area contributed by atoms with Crippen molar-refractivity contribution < 1.29 is 0 Å². The van der Waals surface area contributed by atoms with Gasteiger partial charge in [-0.2, -0.15) is 0 Å². The lowest BCUT2D eigenvalue weighted by Gasteiger charge is -2.34. The van der Waals surface area contributed by atoms with E-state index in [9.17, 15) is 0 Å². The molecule has 62 valence electrons. The Labute approximate surface area is 97.1 Å². The monoisotopic (exact) mass is 414 g/mol. The average molecular weight is 418 g/mol. The largest absolute Gasteiger partial charge is 0.0930 e. The molecule has 0 aromatic rings. The quantitative estimate of drug-likeness (QED) is 0.459. The van der Waals surface area contributed by atoms with Gasteiger partial charge in [0, 0.05) is 0 Å². The van der Waals surface area contributed by atoms with Crippen LogP contribution in [0.5, 0.6) is 0 Å². The van der Waals surface area contributed by atoms with Gasteiger partial charge in [-0.25, -0.2) is 0 Å². The molecule has 5 heteroatoms. The normalized spacial score (nSPS) is 14.4. The summed E-state index contributed by atoms with van der Waals surface area (Å²) < 4.78 is 0.312. The molecule has 0 nitrogen and oxygen atoms in total. The summed E-state index contributed by atoms with van der Waals surface area (Å²) in [5, 5.41) is 0. The molecule has 0 atom stereocenters. The number of halogens is 4. The van der Waals surface area contributed by atoms with Gasteiger partial charge in [-0.1, -0.05) is 83.4 Å². The van der Waals surface area contributed by atoms with E-state index in [1.807, 2.05) is 0 Å². The maximum Gasteiger partial charge on any atom is 0.0930 e. The molecule has 0 spiro atoms. The van der Waals surface area contributed by atoms with Gasteiger partial charge in [-0.15, -0.1) is 0 Å². The third-order valence-electron chi connectivity index (χ3n) is 1.27. The van der Waals surface area contributed by atoms with Crippen LogP contribution < -0.4 is 0 Å². The van der Waals surface area contributed by atoms with Crippen LogP contribution >= 0.6 is 63.7 Å². The van der Waals surface area contributed by atoms with Crippen LogP contribution in [0, 0.1) is 0 Å². The van der Waals surface area contributed by atoms with Crippen molar-refractivity contribution in [2.24, 2.45) is 0 Å². The summed E-state index contributed by atoms with van der Waals surface area (Å²) in [6.07, 6.45) is 0. The van der Waals surface area contributed by atoms with Crippen LogP contribution in [0.15, 0.2) is 0 Å². The first-order valence-corrected chi connectivity index (χ1v) is 9.77. The fourth-order valence-electron chi connectivity index (χ4n) is 0.327. The summed E-state index contributed by atoms with van der Waals surface area (Å²) in [5.74, 6) is 0. The molecule has 0 saturated carbocycles. The Balaban J connectivity index is 4.40. The van der Waals surface area contributed by atoms with Gasteiger partial charge in [0.2, 0.25) is 0 Å². The molecule has 0 heterocycles. The van der Waals surface area contributed by atoms with Crippen molar-refractivity contribution in [2.45, 2.75) is 26.2 Å². The summed E-state index contributed by atoms with van der Waals surface area (Å²) in [5.41, 5.74) is 0. The molecule has 0 fully saturated rings. The molecule has 0 rings (SSSR count). The number of hydrogen-bond acceptors (Lipinski definition) is 0. The van der Waals surface area contributed by atoms with Crippen LogP contribution in [0.25, 0.3) is 0 Å². The number of rotatable bonds is 2. The molecule has 0 unspecified atom stereocenters. The van der Waals surface area contributed by atoms with Crippen molar-refractivity contribution in [2.75, 3.05) is 0 Å². The van der Waals surface area contributed by atoms with Gasteiger partial charge < -0.3 is 0 Å². The zero-order valence-electron chi connectivity index (χ0n) is 6.09. The predicted octanol–water partition coefficient (Wildman–Crippen LogP) is 4.47. The maximum atomic E-state index is 3.65. The average Bonchev–Trinajstić information content (AvgIpc) is 1.62. The van der Waals surface area contributed by atoms with E-state index in [0.29, 0.717) is 0 Å². The van der Waals surface area contributed by atoms with Crippen LogP contribution in [-0.4, -0.2) is 14.7 Å². The van der Waals surface area contributed by atoms with Crippen molar-refractivity contribution >= 4 is 71.8 Å². The fourth-order valence-corrected chi connectivity index (χ4v) is 5.10. The molecule has 10 heavy (non-hydrogen) atoms. The molecule has 0 saturated heterocycles. The van der Waals surface area contributed by atoms with Crippen molar-refractivity contribution in [1.82, 2.24) is 0 Å². The molecule has 0 amide bonds. The van der Waals surface area contributed by atoms with Gasteiger partial charge >= 0.3 is 0 Å². The molecular formula is C5H10Br4Si. The first kappa shape index (κ1) is 12.1. The molecular weight excluding hydrogens is 408 g/mol. The van der Waals surface area contributed by atoms with Gasteiger partial charge in [0.25, 0.3) is 0 Å². The molecule has 0 aliphatic carbocycles. The molecule has 0 aromatic carbocycles. The summed E-state index contributed by atoms with van der Waals surface area (Å²) in [6, 6.07) is 0. The minimum atomic E-state index is -1.21. The van der Waals surface area contributed by atoms with Crippen molar-refractivity contribution in [3.8, 4) is 0 Å². The molecule has 0 radical (unpaired) electrons. The van der Waals surface area contributed by atoms with Crippen molar-refractivity contribution in [3.63, 3.8) is 0 Å². The molecule has 0 aliphatic heterocycles. The standard InChI is InChI=1S/C5H10Br4Si/c1-10(2,3)5(8,9)4(6)7/h4H,1-3H3. The molecule has 0 aliphatic rings. The molecule has 0 aromatic heterocycles. The van der Waals surface area contributed by atoms with Crippen LogP contribution in [0.1, 0.15) is 0 Å². The van der Waals surface area contributed by atoms with E-state index in [1.54, 1.807) is 0 Å².